The minimum absolute atomic E-state index is 0.222. The Morgan fingerprint density at radius 3 is 2.48 bits per heavy atom. The molecule has 0 aliphatic heterocycles. The van der Waals surface area contributed by atoms with Crippen LogP contribution in [-0.2, 0) is 6.18 Å². The molecule has 0 aliphatic carbocycles. The molecule has 4 aromatic rings. The van der Waals surface area contributed by atoms with E-state index in [1.54, 1.807) is 48.7 Å². The molecule has 0 saturated heterocycles. The number of para-hydroxylation sites is 1. The van der Waals surface area contributed by atoms with Crippen molar-refractivity contribution in [2.24, 2.45) is 0 Å². The molecule has 0 saturated carbocycles. The number of carbonyl (C=O) groups excluding carboxylic acids is 1. The summed E-state index contributed by atoms with van der Waals surface area (Å²) in [6, 6.07) is 15.5. The number of halogens is 3. The van der Waals surface area contributed by atoms with E-state index in [4.69, 9.17) is 4.74 Å². The standard InChI is InChI=1S/C24H18F3N3O3/c25-24(26,27)17-7-9-18(10-8-17)33-21-6-3-4-15-12-16(13-29-22(15)21)23(32)30-20(14-31)19-5-1-2-11-28-19/h1-13,20,31H,14H2,(H,30,32). The van der Waals surface area contributed by atoms with Crippen LogP contribution in [0.25, 0.3) is 10.9 Å². The number of benzene rings is 2. The van der Waals surface area contributed by atoms with Crippen LogP contribution in [0.2, 0.25) is 0 Å². The van der Waals surface area contributed by atoms with E-state index < -0.39 is 23.7 Å². The number of nitrogens with one attached hydrogen (secondary N) is 1. The van der Waals surface area contributed by atoms with Crippen molar-refractivity contribution in [3.8, 4) is 11.5 Å². The minimum Gasteiger partial charge on any atom is -0.455 e. The van der Waals surface area contributed by atoms with Gasteiger partial charge in [0.2, 0.25) is 0 Å². The molecule has 2 heterocycles. The molecular formula is C24H18F3N3O3. The van der Waals surface area contributed by atoms with Crippen LogP contribution in [0.1, 0.15) is 27.7 Å². The summed E-state index contributed by atoms with van der Waals surface area (Å²) in [5.74, 6) is 0.115. The van der Waals surface area contributed by atoms with Gasteiger partial charge in [-0.05, 0) is 48.5 Å². The Bertz CT molecular complexity index is 1260. The number of aromatic nitrogens is 2. The zero-order chi connectivity index (χ0) is 23.4. The van der Waals surface area contributed by atoms with E-state index in [0.29, 0.717) is 22.3 Å². The number of fused-ring (bicyclic) bond motifs is 1. The average molecular weight is 453 g/mol. The van der Waals surface area contributed by atoms with Gasteiger partial charge < -0.3 is 15.2 Å². The highest BCUT2D eigenvalue weighted by Crippen LogP contribution is 2.33. The van der Waals surface area contributed by atoms with Crippen molar-refractivity contribution in [3.63, 3.8) is 0 Å². The number of hydrogen-bond acceptors (Lipinski definition) is 5. The van der Waals surface area contributed by atoms with Crippen molar-refractivity contribution < 1.29 is 27.8 Å². The number of ether oxygens (including phenoxy) is 1. The first kappa shape index (κ1) is 22.2. The molecule has 0 fully saturated rings. The Labute approximate surface area is 186 Å². The van der Waals surface area contributed by atoms with E-state index in [1.807, 2.05) is 0 Å². The molecule has 9 heteroatoms. The predicted molar refractivity (Wildman–Crippen MR) is 115 cm³/mol. The Hall–Kier alpha value is -3.98. The van der Waals surface area contributed by atoms with Crippen molar-refractivity contribution in [1.82, 2.24) is 15.3 Å². The molecule has 168 valence electrons. The summed E-state index contributed by atoms with van der Waals surface area (Å²) < 4.78 is 44.0. The lowest BCUT2D eigenvalue weighted by Crippen LogP contribution is -2.31. The maximum absolute atomic E-state index is 12.8. The fraction of sp³-hybridized carbons (Fsp3) is 0.125. The van der Waals surface area contributed by atoms with Gasteiger partial charge in [0.1, 0.15) is 11.3 Å². The molecular weight excluding hydrogens is 435 g/mol. The van der Waals surface area contributed by atoms with Gasteiger partial charge in [-0.3, -0.25) is 14.8 Å². The van der Waals surface area contributed by atoms with Crippen LogP contribution < -0.4 is 10.1 Å². The molecule has 2 aromatic heterocycles. The summed E-state index contributed by atoms with van der Waals surface area (Å²) in [6.07, 6.45) is -1.49. The molecule has 2 N–H and O–H groups in total. The lowest BCUT2D eigenvalue weighted by molar-refractivity contribution is -0.137. The first-order chi connectivity index (χ1) is 15.8. The fourth-order valence-corrected chi connectivity index (χ4v) is 3.22. The summed E-state index contributed by atoms with van der Waals surface area (Å²) >= 11 is 0. The lowest BCUT2D eigenvalue weighted by Gasteiger charge is -2.16. The zero-order valence-electron chi connectivity index (χ0n) is 17.1. The van der Waals surface area contributed by atoms with Crippen LogP contribution in [0.4, 0.5) is 13.2 Å². The summed E-state index contributed by atoms with van der Waals surface area (Å²) in [5, 5.41) is 13.0. The summed E-state index contributed by atoms with van der Waals surface area (Å²) in [4.78, 5) is 21.2. The SMILES string of the molecule is O=C(NC(CO)c1ccccn1)c1cnc2c(Oc3ccc(C(F)(F)F)cc3)cccc2c1. The summed E-state index contributed by atoms with van der Waals surface area (Å²) in [6.45, 7) is -0.325. The van der Waals surface area contributed by atoms with Gasteiger partial charge in [0.05, 0.1) is 29.5 Å². The predicted octanol–water partition coefficient (Wildman–Crippen LogP) is 4.90. The van der Waals surface area contributed by atoms with E-state index in [9.17, 15) is 23.1 Å². The number of amides is 1. The molecule has 2 aromatic carbocycles. The molecule has 6 nitrogen and oxygen atoms in total. The second kappa shape index (κ2) is 9.25. The van der Waals surface area contributed by atoms with Crippen molar-refractivity contribution in [1.29, 1.82) is 0 Å². The molecule has 0 spiro atoms. The van der Waals surface area contributed by atoms with Gasteiger partial charge in [0.15, 0.2) is 5.75 Å². The van der Waals surface area contributed by atoms with Gasteiger partial charge in [-0.2, -0.15) is 13.2 Å². The van der Waals surface area contributed by atoms with Crippen molar-refractivity contribution >= 4 is 16.8 Å². The number of nitrogens with zero attached hydrogens (tertiary/aromatic N) is 2. The van der Waals surface area contributed by atoms with Crippen molar-refractivity contribution in [2.75, 3.05) is 6.61 Å². The highest BCUT2D eigenvalue weighted by molar-refractivity contribution is 5.98. The first-order valence-electron chi connectivity index (χ1n) is 9.91. The third-order valence-corrected chi connectivity index (χ3v) is 4.88. The molecule has 0 aliphatic rings. The van der Waals surface area contributed by atoms with Gasteiger partial charge in [-0.25, -0.2) is 0 Å². The zero-order valence-corrected chi connectivity index (χ0v) is 17.1. The van der Waals surface area contributed by atoms with Crippen molar-refractivity contribution in [3.05, 3.63) is 95.9 Å². The quantitative estimate of drug-likeness (QED) is 0.434. The second-order valence-corrected chi connectivity index (χ2v) is 7.14. The third kappa shape index (κ3) is 5.09. The fourth-order valence-electron chi connectivity index (χ4n) is 3.22. The maximum Gasteiger partial charge on any atom is 0.416 e. The van der Waals surface area contributed by atoms with Gasteiger partial charge in [-0.15, -0.1) is 0 Å². The second-order valence-electron chi connectivity index (χ2n) is 7.14. The highest BCUT2D eigenvalue weighted by Gasteiger charge is 2.30. The Kier molecular flexibility index (Phi) is 6.23. The van der Waals surface area contributed by atoms with Gasteiger partial charge >= 0.3 is 6.18 Å². The average Bonchev–Trinajstić information content (AvgIpc) is 2.82. The number of hydrogen-bond donors (Lipinski definition) is 2. The van der Waals surface area contributed by atoms with Gasteiger partial charge in [0, 0.05) is 17.8 Å². The minimum atomic E-state index is -4.43. The topological polar surface area (TPSA) is 84.3 Å². The lowest BCUT2D eigenvalue weighted by atomic mass is 10.1. The molecule has 1 amide bonds. The monoisotopic (exact) mass is 453 g/mol. The maximum atomic E-state index is 12.8. The van der Waals surface area contributed by atoms with Gasteiger partial charge in [-0.1, -0.05) is 18.2 Å². The van der Waals surface area contributed by atoms with Crippen LogP contribution >= 0.6 is 0 Å². The smallest absolute Gasteiger partial charge is 0.416 e. The largest absolute Gasteiger partial charge is 0.455 e. The van der Waals surface area contributed by atoms with E-state index >= 15 is 0 Å². The first-order valence-corrected chi connectivity index (χ1v) is 9.91. The molecule has 33 heavy (non-hydrogen) atoms. The molecule has 0 radical (unpaired) electrons. The molecule has 1 atom stereocenters. The normalized spacial score (nSPS) is 12.4. The third-order valence-electron chi connectivity index (χ3n) is 4.88. The Balaban J connectivity index is 1.55. The summed E-state index contributed by atoms with van der Waals surface area (Å²) in [5.41, 5.74) is 0.462. The van der Waals surface area contributed by atoms with Crippen LogP contribution in [0.5, 0.6) is 11.5 Å². The number of carbonyl (C=O) groups is 1. The highest BCUT2D eigenvalue weighted by atomic mass is 19.4. The van der Waals surface area contributed by atoms with E-state index in [0.717, 1.165) is 12.1 Å². The number of aliphatic hydroxyl groups is 1. The van der Waals surface area contributed by atoms with E-state index in [1.165, 1.54) is 18.3 Å². The summed E-state index contributed by atoms with van der Waals surface area (Å²) in [7, 11) is 0. The number of pyridine rings is 2. The molecule has 0 bridgehead atoms. The molecule has 1 unspecified atom stereocenters. The number of rotatable bonds is 6. The number of aliphatic hydroxyl groups excluding tert-OH is 1. The van der Waals surface area contributed by atoms with Crippen LogP contribution in [0, 0.1) is 0 Å². The molecule has 4 rings (SSSR count). The van der Waals surface area contributed by atoms with Gasteiger partial charge in [0.25, 0.3) is 5.91 Å². The Morgan fingerprint density at radius 1 is 1.03 bits per heavy atom. The van der Waals surface area contributed by atoms with Crippen LogP contribution in [0.15, 0.2) is 79.1 Å². The van der Waals surface area contributed by atoms with E-state index in [-0.39, 0.29) is 17.9 Å². The van der Waals surface area contributed by atoms with Crippen molar-refractivity contribution in [2.45, 2.75) is 12.2 Å². The van der Waals surface area contributed by atoms with E-state index in [2.05, 4.69) is 15.3 Å². The Morgan fingerprint density at radius 2 is 1.82 bits per heavy atom. The van der Waals surface area contributed by atoms with Crippen LogP contribution in [0.3, 0.4) is 0 Å². The van der Waals surface area contributed by atoms with Crippen LogP contribution in [-0.4, -0.2) is 27.6 Å². The number of alkyl halides is 3.